The van der Waals surface area contributed by atoms with Gasteiger partial charge in [-0.15, -0.1) is 0 Å². The molecule has 5 rings (SSSR count). The van der Waals surface area contributed by atoms with E-state index in [0.717, 1.165) is 24.3 Å². The predicted molar refractivity (Wildman–Crippen MR) is 167 cm³/mol. The zero-order valence-electron chi connectivity index (χ0n) is 26.8. The number of benzene rings is 2. The number of carboxylic acids is 1. The zero-order valence-corrected chi connectivity index (χ0v) is 26.8. The second kappa shape index (κ2) is 16.0. The average molecular weight is 741 g/mol. The van der Waals surface area contributed by atoms with Crippen molar-refractivity contribution in [1.29, 1.82) is 0 Å². The lowest BCUT2D eigenvalue weighted by Crippen LogP contribution is -2.64. The summed E-state index contributed by atoms with van der Waals surface area (Å²) in [7, 11) is 0. The van der Waals surface area contributed by atoms with Gasteiger partial charge in [-0.2, -0.15) is 0 Å². The lowest BCUT2D eigenvalue weighted by Gasteiger charge is -2.42. The van der Waals surface area contributed by atoms with Crippen molar-refractivity contribution in [3.05, 3.63) is 46.1 Å². The minimum Gasteiger partial charge on any atom is -0.507 e. The fraction of sp³-hybridized carbons (Fsp3) is 0.469. The fourth-order valence-corrected chi connectivity index (χ4v) is 5.64. The van der Waals surface area contributed by atoms with Gasteiger partial charge in [0, 0.05) is 49.1 Å². The van der Waals surface area contributed by atoms with Gasteiger partial charge in [0.1, 0.15) is 64.9 Å². The number of ether oxygens (including phenoxy) is 5. The number of phenolic OH excluding ortho intramolecular Hbond substituents is 3. The van der Waals surface area contributed by atoms with Gasteiger partial charge in [0.15, 0.2) is 29.1 Å². The Morgan fingerprint density at radius 3 is 2.13 bits per heavy atom. The highest BCUT2D eigenvalue weighted by Crippen LogP contribution is 2.38. The van der Waals surface area contributed by atoms with Crippen LogP contribution in [0.15, 0.2) is 39.5 Å². The molecule has 2 saturated heterocycles. The molecule has 2 aliphatic heterocycles. The van der Waals surface area contributed by atoms with Crippen LogP contribution in [0.25, 0.3) is 22.3 Å². The van der Waals surface area contributed by atoms with Crippen LogP contribution >= 0.6 is 0 Å². The second-order valence-electron chi connectivity index (χ2n) is 11.9. The Morgan fingerprint density at radius 1 is 0.769 bits per heavy atom. The molecule has 1 aromatic heterocycles. The zero-order chi connectivity index (χ0) is 38.0. The van der Waals surface area contributed by atoms with Gasteiger partial charge in [0.2, 0.25) is 12.6 Å². The van der Waals surface area contributed by atoms with Crippen LogP contribution in [0.2, 0.25) is 0 Å². The van der Waals surface area contributed by atoms with E-state index in [-0.39, 0.29) is 66.3 Å². The van der Waals surface area contributed by atoms with E-state index in [2.05, 4.69) is 0 Å². The van der Waals surface area contributed by atoms with Gasteiger partial charge >= 0.3 is 11.9 Å². The van der Waals surface area contributed by atoms with Gasteiger partial charge in [-0.25, -0.2) is 9.59 Å². The van der Waals surface area contributed by atoms with Crippen LogP contribution < -0.4 is 10.2 Å². The third-order valence-electron chi connectivity index (χ3n) is 8.31. The van der Waals surface area contributed by atoms with Crippen LogP contribution in [0.1, 0.15) is 12.0 Å². The Hall–Kier alpha value is -4.61. The smallest absolute Gasteiger partial charge is 0.340 e. The van der Waals surface area contributed by atoms with Crippen molar-refractivity contribution >= 4 is 22.9 Å². The Balaban J connectivity index is 1.46. The highest BCUT2D eigenvalue weighted by Gasteiger charge is 2.53. The molecule has 11 N–H and O–H groups in total. The van der Waals surface area contributed by atoms with E-state index in [9.17, 15) is 70.6 Å². The number of carbonyl (C=O) groups excluding carboxylic acids is 1. The lowest BCUT2D eigenvalue weighted by atomic mass is 9.97. The maximum atomic E-state index is 13.2. The van der Waals surface area contributed by atoms with Crippen molar-refractivity contribution in [2.24, 2.45) is 0 Å². The number of aliphatic hydroxyl groups excluding tert-OH is 7. The summed E-state index contributed by atoms with van der Waals surface area (Å²) >= 11 is 0. The largest absolute Gasteiger partial charge is 0.507 e. The van der Waals surface area contributed by atoms with Crippen molar-refractivity contribution in [2.75, 3.05) is 19.8 Å². The molecule has 0 radical (unpaired) electrons. The van der Waals surface area contributed by atoms with Crippen molar-refractivity contribution in [3.8, 4) is 34.3 Å². The number of hydrogen-bond acceptors (Lipinski definition) is 19. The van der Waals surface area contributed by atoms with E-state index in [1.54, 1.807) is 0 Å². The SMILES string of the molecule is O=C(O)C1OC(OC(=O)C2OC(Oc3cc(O)c4c(=O)cc(-c5cc(O)c(O)c(CCO)c5)oc4c3)C(OCCCO)C(O)C2O)C(O)C(O)C1O. The molecule has 0 aliphatic carbocycles. The molecule has 3 aromatic rings. The Morgan fingerprint density at radius 2 is 1.46 bits per heavy atom. The summed E-state index contributed by atoms with van der Waals surface area (Å²) in [6, 6.07) is 5.52. The highest BCUT2D eigenvalue weighted by atomic mass is 16.8. The molecule has 2 aliphatic rings. The predicted octanol–water partition coefficient (Wildman–Crippen LogP) is -2.86. The number of esters is 1. The fourth-order valence-electron chi connectivity index (χ4n) is 5.64. The number of hydrogen-bond donors (Lipinski definition) is 11. The summed E-state index contributed by atoms with van der Waals surface area (Å²) in [6.45, 7) is -0.935. The van der Waals surface area contributed by atoms with Gasteiger partial charge in [0.05, 0.1) is 0 Å². The number of carbonyl (C=O) groups is 2. The summed E-state index contributed by atoms with van der Waals surface area (Å²) in [5.74, 6) is -5.50. The van der Waals surface area contributed by atoms with Crippen LogP contribution in [0.4, 0.5) is 0 Å². The molecular formula is C32H36O20. The third-order valence-corrected chi connectivity index (χ3v) is 8.31. The molecule has 20 heteroatoms. The van der Waals surface area contributed by atoms with Crippen molar-refractivity contribution < 1.29 is 93.9 Å². The van der Waals surface area contributed by atoms with Gasteiger partial charge in [0.25, 0.3) is 0 Å². The van der Waals surface area contributed by atoms with Gasteiger partial charge < -0.3 is 84.3 Å². The Bertz CT molecular complexity index is 1830. The van der Waals surface area contributed by atoms with Crippen LogP contribution in [0.3, 0.4) is 0 Å². The monoisotopic (exact) mass is 740 g/mol. The molecule has 3 heterocycles. The third kappa shape index (κ3) is 7.76. The normalized spacial score (nSPS) is 29.1. The second-order valence-corrected chi connectivity index (χ2v) is 11.9. The van der Waals surface area contributed by atoms with Crippen LogP contribution in [-0.2, 0) is 35.0 Å². The Labute approximate surface area is 291 Å². The minimum absolute atomic E-state index is 0.0465. The first-order valence-corrected chi connectivity index (χ1v) is 15.7. The van der Waals surface area contributed by atoms with Crippen LogP contribution in [0, 0.1) is 0 Å². The number of phenols is 3. The van der Waals surface area contributed by atoms with E-state index in [1.165, 1.54) is 6.07 Å². The average Bonchev–Trinajstić information content (AvgIpc) is 3.09. The summed E-state index contributed by atoms with van der Waals surface area (Å²) in [5.41, 5.74) is -0.780. The standard InChI is InChI=1S/C32H36O20/c33-3-1-5-47-28-24(42)23(41)27(30(46)52-31-25(43)21(39)22(40)26(50-31)29(44)45)51-32(28)48-13-8-14(35)19-15(36)10-17(49-18(19)9-13)12-6-11(2-4-34)20(38)16(37)7-12/h6-10,21-28,31-35,37-43H,1-5H2,(H,44,45). The molecule has 10 atom stereocenters. The number of fused-ring (bicyclic) bond motifs is 1. The molecule has 10 unspecified atom stereocenters. The first-order valence-electron chi connectivity index (χ1n) is 15.7. The molecular weight excluding hydrogens is 704 g/mol. The van der Waals surface area contributed by atoms with Gasteiger partial charge in [-0.05, 0) is 25.0 Å². The van der Waals surface area contributed by atoms with E-state index < -0.39 is 96.0 Å². The topological polar surface area (TPSA) is 333 Å². The van der Waals surface area contributed by atoms with Crippen molar-refractivity contribution in [1.82, 2.24) is 0 Å². The molecule has 2 aromatic carbocycles. The maximum absolute atomic E-state index is 13.2. The van der Waals surface area contributed by atoms with E-state index in [1.807, 2.05) is 0 Å². The lowest BCUT2D eigenvalue weighted by molar-refractivity contribution is -0.306. The quantitative estimate of drug-likeness (QED) is 0.0505. The first kappa shape index (κ1) is 38.6. The summed E-state index contributed by atoms with van der Waals surface area (Å²) in [5, 5.41) is 111. The van der Waals surface area contributed by atoms with Crippen LogP contribution in [0.5, 0.6) is 23.0 Å². The molecule has 2 fully saturated rings. The van der Waals surface area contributed by atoms with Gasteiger partial charge in [-0.1, -0.05) is 0 Å². The molecule has 0 amide bonds. The molecule has 52 heavy (non-hydrogen) atoms. The number of rotatable bonds is 12. The number of aromatic hydroxyl groups is 3. The van der Waals surface area contributed by atoms with E-state index in [0.29, 0.717) is 0 Å². The van der Waals surface area contributed by atoms with E-state index >= 15 is 0 Å². The summed E-state index contributed by atoms with van der Waals surface area (Å²) in [4.78, 5) is 37.7. The molecule has 0 bridgehead atoms. The number of aliphatic carboxylic acids is 1. The summed E-state index contributed by atoms with van der Waals surface area (Å²) in [6.07, 6.45) is -20.4. The van der Waals surface area contributed by atoms with E-state index in [4.69, 9.17) is 28.1 Å². The van der Waals surface area contributed by atoms with Crippen molar-refractivity contribution in [3.63, 3.8) is 0 Å². The minimum atomic E-state index is -2.19. The number of carboxylic acid groups (broad SMARTS) is 1. The highest BCUT2D eigenvalue weighted by molar-refractivity contribution is 5.86. The molecule has 0 spiro atoms. The van der Waals surface area contributed by atoms with Gasteiger partial charge in [-0.3, -0.25) is 4.79 Å². The summed E-state index contributed by atoms with van der Waals surface area (Å²) < 4.78 is 32.7. The number of aliphatic hydroxyl groups is 7. The van der Waals surface area contributed by atoms with Crippen molar-refractivity contribution in [2.45, 2.75) is 74.3 Å². The molecule has 284 valence electrons. The Kier molecular flexibility index (Phi) is 11.9. The first-order chi connectivity index (χ1) is 24.7. The molecule has 20 nitrogen and oxygen atoms in total. The molecule has 0 saturated carbocycles. The maximum Gasteiger partial charge on any atom is 0.340 e. The van der Waals surface area contributed by atoms with Crippen LogP contribution in [-0.4, -0.2) is 149 Å².